The number of Topliss-reactive ketones (excluding diaryl/α,β-unsaturated/α-hetero) is 1. The maximum absolute atomic E-state index is 11.6. The first kappa shape index (κ1) is 18.9. The smallest absolute Gasteiger partial charge is 0.159 e. The van der Waals surface area contributed by atoms with Crippen molar-refractivity contribution >= 4 is 17.5 Å². The molecule has 0 N–H and O–H groups in total. The molecule has 0 radical (unpaired) electrons. The first-order chi connectivity index (χ1) is 12.1. The Hall–Kier alpha value is -2.45. The zero-order chi connectivity index (χ0) is 18.1. The Balaban J connectivity index is 1.84. The highest BCUT2D eigenvalue weighted by atomic mass is 32.2. The number of ketones is 1. The van der Waals surface area contributed by atoms with Gasteiger partial charge in [-0.15, -0.1) is 0 Å². The quantitative estimate of drug-likeness (QED) is 0.490. The molecule has 2 aromatic rings. The van der Waals surface area contributed by atoms with Gasteiger partial charge in [-0.1, -0.05) is 0 Å². The van der Waals surface area contributed by atoms with E-state index in [4.69, 9.17) is 14.7 Å². The maximum Gasteiger partial charge on any atom is 0.159 e. The van der Waals surface area contributed by atoms with E-state index in [0.717, 1.165) is 28.6 Å². The summed E-state index contributed by atoms with van der Waals surface area (Å²) in [5, 5.41) is 8.77. The van der Waals surface area contributed by atoms with E-state index >= 15 is 0 Å². The molecule has 5 heteroatoms. The lowest BCUT2D eigenvalue weighted by atomic mass is 10.1. The summed E-state index contributed by atoms with van der Waals surface area (Å²) in [5.41, 5.74) is 2.35. The Morgan fingerprint density at radius 1 is 1.16 bits per heavy atom. The van der Waals surface area contributed by atoms with Gasteiger partial charge in [0.05, 0.1) is 24.8 Å². The Bertz CT molecular complexity index is 751. The second-order valence-corrected chi connectivity index (χ2v) is 6.45. The van der Waals surface area contributed by atoms with Crippen LogP contribution in [-0.4, -0.2) is 24.7 Å². The molecular weight excluding hydrogens is 334 g/mol. The molecule has 130 valence electrons. The van der Waals surface area contributed by atoms with Crippen LogP contribution in [0.3, 0.4) is 0 Å². The van der Waals surface area contributed by atoms with Crippen molar-refractivity contribution in [1.29, 1.82) is 5.26 Å². The highest BCUT2D eigenvalue weighted by Crippen LogP contribution is 2.25. The molecule has 0 heterocycles. The standard InChI is InChI=1S/C20H21NO3S/c1-3-23-20-9-6-17(15(2)22)12-18(20)14-25-11-10-24-19-7-4-16(13-21)5-8-19/h4-9,12H,3,10-11,14H2,1-2H3. The molecule has 0 saturated carbocycles. The summed E-state index contributed by atoms with van der Waals surface area (Å²) < 4.78 is 11.3. The number of benzene rings is 2. The number of rotatable bonds is 9. The number of carbonyl (C=O) groups excluding carboxylic acids is 1. The average Bonchev–Trinajstić information content (AvgIpc) is 2.63. The Morgan fingerprint density at radius 2 is 1.92 bits per heavy atom. The molecule has 2 rings (SSSR count). The number of nitriles is 1. The molecule has 0 saturated heterocycles. The van der Waals surface area contributed by atoms with Crippen LogP contribution in [0.2, 0.25) is 0 Å². The molecule has 0 spiro atoms. The molecule has 25 heavy (non-hydrogen) atoms. The molecule has 0 aliphatic rings. The van der Waals surface area contributed by atoms with Gasteiger partial charge in [0.25, 0.3) is 0 Å². The molecular formula is C20H21NO3S. The summed E-state index contributed by atoms with van der Waals surface area (Å²) in [4.78, 5) is 11.6. The van der Waals surface area contributed by atoms with Gasteiger partial charge < -0.3 is 9.47 Å². The third-order valence-electron chi connectivity index (χ3n) is 3.50. The van der Waals surface area contributed by atoms with Crippen LogP contribution in [0, 0.1) is 11.3 Å². The number of hydrogen-bond donors (Lipinski definition) is 0. The van der Waals surface area contributed by atoms with Gasteiger partial charge in [0.2, 0.25) is 0 Å². The van der Waals surface area contributed by atoms with Gasteiger partial charge in [-0.3, -0.25) is 4.79 Å². The molecule has 0 aromatic heterocycles. The molecule has 0 aliphatic carbocycles. The zero-order valence-electron chi connectivity index (χ0n) is 14.5. The van der Waals surface area contributed by atoms with Crippen molar-refractivity contribution in [2.75, 3.05) is 19.0 Å². The first-order valence-corrected chi connectivity index (χ1v) is 9.27. The van der Waals surface area contributed by atoms with Crippen molar-refractivity contribution < 1.29 is 14.3 Å². The summed E-state index contributed by atoms with van der Waals surface area (Å²) in [7, 11) is 0. The highest BCUT2D eigenvalue weighted by molar-refractivity contribution is 7.98. The van der Waals surface area contributed by atoms with E-state index in [1.165, 1.54) is 0 Å². The fourth-order valence-electron chi connectivity index (χ4n) is 2.23. The van der Waals surface area contributed by atoms with Gasteiger partial charge in [0.1, 0.15) is 11.5 Å². The Labute approximate surface area is 152 Å². The van der Waals surface area contributed by atoms with Gasteiger partial charge >= 0.3 is 0 Å². The van der Waals surface area contributed by atoms with Crippen LogP contribution < -0.4 is 9.47 Å². The van der Waals surface area contributed by atoms with Crippen LogP contribution in [0.25, 0.3) is 0 Å². The lowest BCUT2D eigenvalue weighted by Gasteiger charge is -2.11. The molecule has 0 aliphatic heterocycles. The minimum Gasteiger partial charge on any atom is -0.494 e. The topological polar surface area (TPSA) is 59.3 Å². The highest BCUT2D eigenvalue weighted by Gasteiger charge is 2.08. The van der Waals surface area contributed by atoms with E-state index in [1.54, 1.807) is 49.0 Å². The van der Waals surface area contributed by atoms with Crippen molar-refractivity contribution in [3.05, 3.63) is 59.2 Å². The zero-order valence-corrected chi connectivity index (χ0v) is 15.3. The number of hydrogen-bond acceptors (Lipinski definition) is 5. The van der Waals surface area contributed by atoms with Gasteiger partial charge in [0.15, 0.2) is 5.78 Å². The number of ether oxygens (including phenoxy) is 2. The van der Waals surface area contributed by atoms with E-state index in [1.807, 2.05) is 19.1 Å². The summed E-state index contributed by atoms with van der Waals surface area (Å²) in [6, 6.07) is 14.7. The average molecular weight is 355 g/mol. The summed E-state index contributed by atoms with van der Waals surface area (Å²) in [6.07, 6.45) is 0. The second kappa shape index (κ2) is 9.75. The minimum atomic E-state index is 0.0541. The normalized spacial score (nSPS) is 10.1. The number of thioether (sulfide) groups is 1. The largest absolute Gasteiger partial charge is 0.494 e. The van der Waals surface area contributed by atoms with E-state index in [9.17, 15) is 4.79 Å². The fourth-order valence-corrected chi connectivity index (χ4v) is 3.02. The molecule has 4 nitrogen and oxygen atoms in total. The van der Waals surface area contributed by atoms with Crippen LogP contribution in [-0.2, 0) is 5.75 Å². The predicted octanol–water partition coefficient (Wildman–Crippen LogP) is 4.47. The predicted molar refractivity (Wildman–Crippen MR) is 100 cm³/mol. The lowest BCUT2D eigenvalue weighted by molar-refractivity contribution is 0.101. The SMILES string of the molecule is CCOc1ccc(C(C)=O)cc1CSCCOc1ccc(C#N)cc1. The van der Waals surface area contributed by atoms with E-state index < -0.39 is 0 Å². The van der Waals surface area contributed by atoms with Gasteiger partial charge in [0, 0.05) is 22.6 Å². The molecule has 0 bridgehead atoms. The summed E-state index contributed by atoms with van der Waals surface area (Å²) in [6.45, 7) is 4.69. The molecule has 0 amide bonds. The van der Waals surface area contributed by atoms with Crippen LogP contribution in [0.1, 0.15) is 35.3 Å². The fraction of sp³-hybridized carbons (Fsp3) is 0.300. The van der Waals surface area contributed by atoms with Crippen LogP contribution in [0.4, 0.5) is 0 Å². The summed E-state index contributed by atoms with van der Waals surface area (Å²) in [5.74, 6) is 3.21. The molecule has 0 fully saturated rings. The van der Waals surface area contributed by atoms with Crippen molar-refractivity contribution in [2.24, 2.45) is 0 Å². The first-order valence-electron chi connectivity index (χ1n) is 8.11. The van der Waals surface area contributed by atoms with E-state index in [0.29, 0.717) is 24.3 Å². The van der Waals surface area contributed by atoms with Crippen LogP contribution >= 0.6 is 11.8 Å². The molecule has 0 unspecified atom stereocenters. The van der Waals surface area contributed by atoms with Crippen LogP contribution in [0.5, 0.6) is 11.5 Å². The Kier molecular flexibility index (Phi) is 7.36. The number of carbonyl (C=O) groups is 1. The minimum absolute atomic E-state index is 0.0541. The molecule has 2 aromatic carbocycles. The van der Waals surface area contributed by atoms with Crippen molar-refractivity contribution in [2.45, 2.75) is 19.6 Å². The maximum atomic E-state index is 11.6. The number of nitrogens with zero attached hydrogens (tertiary/aromatic N) is 1. The molecule has 0 atom stereocenters. The third kappa shape index (κ3) is 5.84. The third-order valence-corrected chi connectivity index (χ3v) is 4.47. The van der Waals surface area contributed by atoms with Crippen molar-refractivity contribution in [1.82, 2.24) is 0 Å². The van der Waals surface area contributed by atoms with Gasteiger partial charge in [-0.25, -0.2) is 0 Å². The van der Waals surface area contributed by atoms with Crippen molar-refractivity contribution in [3.63, 3.8) is 0 Å². The second-order valence-electron chi connectivity index (χ2n) is 5.35. The van der Waals surface area contributed by atoms with Gasteiger partial charge in [-0.2, -0.15) is 17.0 Å². The van der Waals surface area contributed by atoms with Gasteiger partial charge in [-0.05, 0) is 56.3 Å². The Morgan fingerprint density at radius 3 is 2.56 bits per heavy atom. The van der Waals surface area contributed by atoms with Crippen molar-refractivity contribution in [3.8, 4) is 17.6 Å². The monoisotopic (exact) mass is 355 g/mol. The lowest BCUT2D eigenvalue weighted by Crippen LogP contribution is -2.02. The van der Waals surface area contributed by atoms with E-state index in [-0.39, 0.29) is 5.78 Å². The van der Waals surface area contributed by atoms with Crippen LogP contribution in [0.15, 0.2) is 42.5 Å². The van der Waals surface area contributed by atoms with E-state index in [2.05, 4.69) is 6.07 Å². The summed E-state index contributed by atoms with van der Waals surface area (Å²) >= 11 is 1.73.